The Labute approximate surface area is 78.4 Å². The molecule has 1 heteroatoms. The Morgan fingerprint density at radius 1 is 1.31 bits per heavy atom. The Kier molecular flexibility index (Phi) is 2.08. The molecule has 0 radical (unpaired) electrons. The first-order valence-electron chi connectivity index (χ1n) is 4.56. The lowest BCUT2D eigenvalue weighted by atomic mass is 10.0. The molecule has 1 aromatic carbocycles. The monoisotopic (exact) mass is 172 g/mol. The highest BCUT2D eigenvalue weighted by molar-refractivity contribution is 5.35. The molecule has 0 saturated heterocycles. The van der Waals surface area contributed by atoms with Gasteiger partial charge in [-0.25, -0.2) is 0 Å². The topological polar surface area (TPSA) is 20.2 Å². The van der Waals surface area contributed by atoms with Gasteiger partial charge in [-0.1, -0.05) is 18.1 Å². The van der Waals surface area contributed by atoms with Crippen molar-refractivity contribution in [3.63, 3.8) is 0 Å². The van der Waals surface area contributed by atoms with Crippen molar-refractivity contribution < 1.29 is 5.11 Å². The number of benzene rings is 1. The molecule has 1 aromatic rings. The summed E-state index contributed by atoms with van der Waals surface area (Å²) in [5, 5.41) is 9.77. The Hall–Kier alpha value is -1.26. The van der Waals surface area contributed by atoms with E-state index in [0.29, 0.717) is 5.92 Å². The van der Waals surface area contributed by atoms with Crippen LogP contribution < -0.4 is 0 Å². The lowest BCUT2D eigenvalue weighted by molar-refractivity contribution is 0.154. The highest BCUT2D eigenvalue weighted by atomic mass is 16.3. The van der Waals surface area contributed by atoms with Gasteiger partial charge in [-0.15, -0.1) is 6.42 Å². The van der Waals surface area contributed by atoms with Crippen molar-refractivity contribution in [1.29, 1.82) is 0 Å². The van der Waals surface area contributed by atoms with E-state index >= 15 is 0 Å². The molecule has 1 aliphatic rings. The summed E-state index contributed by atoms with van der Waals surface area (Å²) in [6, 6.07) is 7.58. The SMILES string of the molecule is C#Cc1ccc(C(O)C2CC2)cc1. The standard InChI is InChI=1S/C12H12O/c1-2-9-3-5-10(6-4-9)12(13)11-7-8-11/h1,3-6,11-13H,7-8H2. The van der Waals surface area contributed by atoms with Gasteiger partial charge in [0.1, 0.15) is 0 Å². The highest BCUT2D eigenvalue weighted by Crippen LogP contribution is 2.40. The lowest BCUT2D eigenvalue weighted by Crippen LogP contribution is -1.98. The molecule has 1 fully saturated rings. The van der Waals surface area contributed by atoms with Crippen molar-refractivity contribution in [2.45, 2.75) is 18.9 Å². The van der Waals surface area contributed by atoms with Crippen LogP contribution >= 0.6 is 0 Å². The number of hydrogen-bond acceptors (Lipinski definition) is 1. The molecule has 1 aliphatic carbocycles. The minimum atomic E-state index is -0.285. The third-order valence-corrected chi connectivity index (χ3v) is 2.49. The molecule has 66 valence electrons. The maximum atomic E-state index is 9.77. The Morgan fingerprint density at radius 3 is 2.38 bits per heavy atom. The zero-order valence-corrected chi connectivity index (χ0v) is 7.40. The minimum absolute atomic E-state index is 0.285. The number of rotatable bonds is 2. The molecule has 0 aromatic heterocycles. The van der Waals surface area contributed by atoms with Crippen LogP contribution in [0.3, 0.4) is 0 Å². The van der Waals surface area contributed by atoms with Crippen LogP contribution in [0.2, 0.25) is 0 Å². The van der Waals surface area contributed by atoms with Gasteiger partial charge in [0.15, 0.2) is 0 Å². The Balaban J connectivity index is 2.17. The first-order valence-corrected chi connectivity index (χ1v) is 4.56. The van der Waals surface area contributed by atoms with Gasteiger partial charge >= 0.3 is 0 Å². The zero-order valence-electron chi connectivity index (χ0n) is 7.40. The molecular weight excluding hydrogens is 160 g/mol. The summed E-state index contributed by atoms with van der Waals surface area (Å²) >= 11 is 0. The molecule has 0 bridgehead atoms. The van der Waals surface area contributed by atoms with Crippen LogP contribution in [-0.2, 0) is 0 Å². The number of aliphatic hydroxyl groups excluding tert-OH is 1. The number of hydrogen-bond donors (Lipinski definition) is 1. The molecule has 1 atom stereocenters. The molecule has 13 heavy (non-hydrogen) atoms. The van der Waals surface area contributed by atoms with Gasteiger partial charge in [-0.05, 0) is 36.5 Å². The fourth-order valence-electron chi connectivity index (χ4n) is 1.46. The summed E-state index contributed by atoms with van der Waals surface area (Å²) in [5.41, 5.74) is 1.85. The minimum Gasteiger partial charge on any atom is -0.388 e. The van der Waals surface area contributed by atoms with Crippen LogP contribution in [0.25, 0.3) is 0 Å². The summed E-state index contributed by atoms with van der Waals surface area (Å²) in [4.78, 5) is 0. The van der Waals surface area contributed by atoms with Gasteiger partial charge in [0, 0.05) is 5.56 Å². The lowest BCUT2D eigenvalue weighted by Gasteiger charge is -2.08. The van der Waals surface area contributed by atoms with Crippen LogP contribution in [0, 0.1) is 18.3 Å². The third kappa shape index (κ3) is 1.74. The fraction of sp³-hybridized carbons (Fsp3) is 0.333. The van der Waals surface area contributed by atoms with E-state index in [2.05, 4.69) is 5.92 Å². The van der Waals surface area contributed by atoms with Gasteiger partial charge in [-0.2, -0.15) is 0 Å². The quantitative estimate of drug-likeness (QED) is 0.677. The maximum Gasteiger partial charge on any atom is 0.0818 e. The molecule has 0 aliphatic heterocycles. The van der Waals surface area contributed by atoms with Crippen molar-refractivity contribution in [1.82, 2.24) is 0 Å². The second-order valence-electron chi connectivity index (χ2n) is 3.55. The third-order valence-electron chi connectivity index (χ3n) is 2.49. The molecule has 0 heterocycles. The molecular formula is C12H12O. The first-order chi connectivity index (χ1) is 6.31. The second kappa shape index (κ2) is 3.24. The van der Waals surface area contributed by atoms with Crippen molar-refractivity contribution in [3.05, 3.63) is 35.4 Å². The van der Waals surface area contributed by atoms with Gasteiger partial charge in [-0.3, -0.25) is 0 Å². The van der Waals surface area contributed by atoms with E-state index in [1.807, 2.05) is 24.3 Å². The molecule has 2 rings (SSSR count). The number of aliphatic hydroxyl groups is 1. The van der Waals surface area contributed by atoms with Gasteiger partial charge in [0.25, 0.3) is 0 Å². The van der Waals surface area contributed by atoms with Crippen LogP contribution in [-0.4, -0.2) is 5.11 Å². The van der Waals surface area contributed by atoms with Crippen LogP contribution in [0.4, 0.5) is 0 Å². The van der Waals surface area contributed by atoms with E-state index in [1.54, 1.807) is 0 Å². The van der Waals surface area contributed by atoms with Crippen molar-refractivity contribution in [2.24, 2.45) is 5.92 Å². The van der Waals surface area contributed by atoms with Crippen molar-refractivity contribution in [2.75, 3.05) is 0 Å². The Bertz CT molecular complexity index is 327. The summed E-state index contributed by atoms with van der Waals surface area (Å²) in [7, 11) is 0. The predicted molar refractivity (Wildman–Crippen MR) is 52.1 cm³/mol. The van der Waals surface area contributed by atoms with Crippen LogP contribution in [0.15, 0.2) is 24.3 Å². The van der Waals surface area contributed by atoms with Gasteiger partial charge in [0.2, 0.25) is 0 Å². The predicted octanol–water partition coefficient (Wildman–Crippen LogP) is 2.11. The molecule has 1 saturated carbocycles. The Morgan fingerprint density at radius 2 is 1.92 bits per heavy atom. The average Bonchev–Trinajstić information content (AvgIpc) is 3.00. The summed E-state index contributed by atoms with van der Waals surface area (Å²) in [6.45, 7) is 0. The normalized spacial score (nSPS) is 17.8. The highest BCUT2D eigenvalue weighted by Gasteiger charge is 2.30. The van der Waals surface area contributed by atoms with Crippen LogP contribution in [0.5, 0.6) is 0 Å². The molecule has 1 unspecified atom stereocenters. The summed E-state index contributed by atoms with van der Waals surface area (Å²) in [6.07, 6.45) is 7.25. The van der Waals surface area contributed by atoms with E-state index in [0.717, 1.165) is 24.0 Å². The van der Waals surface area contributed by atoms with E-state index in [4.69, 9.17) is 6.42 Å². The van der Waals surface area contributed by atoms with Crippen molar-refractivity contribution in [3.8, 4) is 12.3 Å². The smallest absolute Gasteiger partial charge is 0.0818 e. The van der Waals surface area contributed by atoms with E-state index in [-0.39, 0.29) is 6.10 Å². The maximum absolute atomic E-state index is 9.77. The number of terminal acetylenes is 1. The van der Waals surface area contributed by atoms with E-state index in [9.17, 15) is 5.11 Å². The van der Waals surface area contributed by atoms with Crippen molar-refractivity contribution >= 4 is 0 Å². The van der Waals surface area contributed by atoms with Gasteiger partial charge in [0.05, 0.1) is 6.10 Å². The van der Waals surface area contributed by atoms with Gasteiger partial charge < -0.3 is 5.11 Å². The van der Waals surface area contributed by atoms with E-state index < -0.39 is 0 Å². The first kappa shape index (κ1) is 8.34. The average molecular weight is 172 g/mol. The fourth-order valence-corrected chi connectivity index (χ4v) is 1.46. The second-order valence-corrected chi connectivity index (χ2v) is 3.55. The zero-order chi connectivity index (χ0) is 9.26. The molecule has 0 amide bonds. The summed E-state index contributed by atoms with van der Waals surface area (Å²) in [5.74, 6) is 3.04. The molecule has 1 N–H and O–H groups in total. The van der Waals surface area contributed by atoms with Crippen LogP contribution in [0.1, 0.15) is 30.1 Å². The molecule has 0 spiro atoms. The molecule has 1 nitrogen and oxygen atoms in total. The largest absolute Gasteiger partial charge is 0.388 e. The van der Waals surface area contributed by atoms with E-state index in [1.165, 1.54) is 0 Å². The summed E-state index contributed by atoms with van der Waals surface area (Å²) < 4.78 is 0.